The van der Waals surface area contributed by atoms with Crippen LogP contribution in [0.5, 0.6) is 0 Å². The zero-order valence-corrected chi connectivity index (χ0v) is 11.7. The molecule has 18 heavy (non-hydrogen) atoms. The van der Waals surface area contributed by atoms with E-state index >= 15 is 0 Å². The van der Waals surface area contributed by atoms with E-state index < -0.39 is 0 Å². The first-order valence-electron chi connectivity index (χ1n) is 5.63. The molecular weight excluding hydrogens is 294 g/mol. The molecule has 0 saturated heterocycles. The highest BCUT2D eigenvalue weighted by molar-refractivity contribution is 9.08. The topological polar surface area (TPSA) is 48.0 Å². The molecule has 0 aliphatic rings. The van der Waals surface area contributed by atoms with Gasteiger partial charge in [0.1, 0.15) is 17.3 Å². The highest BCUT2D eigenvalue weighted by Gasteiger charge is 2.15. The molecule has 92 valence electrons. The number of halogens is 1. The molecule has 0 aromatic carbocycles. The van der Waals surface area contributed by atoms with Gasteiger partial charge in [-0.2, -0.15) is 4.68 Å². The quantitative estimate of drug-likeness (QED) is 0.683. The van der Waals surface area contributed by atoms with Gasteiger partial charge in [0.05, 0.1) is 5.69 Å². The number of fused-ring (bicyclic) bond motifs is 1. The number of hydrogen-bond donors (Lipinski definition) is 0. The van der Waals surface area contributed by atoms with E-state index in [1.807, 2.05) is 38.2 Å². The third-order valence-electron chi connectivity index (χ3n) is 2.81. The normalized spacial score (nSPS) is 11.3. The Labute approximate surface area is 113 Å². The molecule has 5 nitrogen and oxygen atoms in total. The van der Waals surface area contributed by atoms with Crippen LogP contribution in [-0.2, 0) is 5.33 Å². The standard InChI is InChI=1S/C12H12BrN5/c1-8-14-9(2)18(16-8)12-10(7-13)17-6-4-3-5-11(17)15-12/h3-6H,7H2,1-2H3. The van der Waals surface area contributed by atoms with Crippen LogP contribution in [0.3, 0.4) is 0 Å². The van der Waals surface area contributed by atoms with Crippen molar-refractivity contribution in [3.63, 3.8) is 0 Å². The lowest BCUT2D eigenvalue weighted by molar-refractivity contribution is 0.801. The summed E-state index contributed by atoms with van der Waals surface area (Å²) in [5, 5.41) is 5.11. The fraction of sp³-hybridized carbons (Fsp3) is 0.250. The Kier molecular flexibility index (Phi) is 2.66. The van der Waals surface area contributed by atoms with E-state index in [9.17, 15) is 0 Å². The minimum Gasteiger partial charge on any atom is -0.301 e. The number of alkyl halides is 1. The Morgan fingerprint density at radius 3 is 2.72 bits per heavy atom. The minimum absolute atomic E-state index is 0.714. The summed E-state index contributed by atoms with van der Waals surface area (Å²) in [7, 11) is 0. The second-order valence-corrected chi connectivity index (χ2v) is 4.62. The van der Waals surface area contributed by atoms with E-state index in [0.29, 0.717) is 5.33 Å². The largest absolute Gasteiger partial charge is 0.301 e. The number of aromatic nitrogens is 5. The first-order valence-corrected chi connectivity index (χ1v) is 6.75. The van der Waals surface area contributed by atoms with Crippen molar-refractivity contribution in [2.45, 2.75) is 19.2 Å². The number of hydrogen-bond acceptors (Lipinski definition) is 3. The lowest BCUT2D eigenvalue weighted by atomic mass is 10.4. The van der Waals surface area contributed by atoms with E-state index in [1.165, 1.54) is 0 Å². The van der Waals surface area contributed by atoms with E-state index in [1.54, 1.807) is 4.68 Å². The summed E-state index contributed by atoms with van der Waals surface area (Å²) in [6, 6.07) is 5.95. The number of imidazole rings is 1. The van der Waals surface area contributed by atoms with Gasteiger partial charge in [0, 0.05) is 11.5 Å². The van der Waals surface area contributed by atoms with Crippen molar-refractivity contribution in [1.29, 1.82) is 0 Å². The summed E-state index contributed by atoms with van der Waals surface area (Å²) >= 11 is 3.51. The first-order chi connectivity index (χ1) is 8.70. The molecule has 0 amide bonds. The molecule has 3 aromatic heterocycles. The van der Waals surface area contributed by atoms with Crippen LogP contribution in [0.4, 0.5) is 0 Å². The molecule has 0 bridgehead atoms. The molecule has 3 rings (SSSR count). The Balaban J connectivity index is 2.32. The summed E-state index contributed by atoms with van der Waals surface area (Å²) in [5.74, 6) is 2.43. The second kappa shape index (κ2) is 4.20. The number of aryl methyl sites for hydroxylation is 2. The Morgan fingerprint density at radius 2 is 2.06 bits per heavy atom. The number of nitrogens with zero attached hydrogens (tertiary/aromatic N) is 5. The van der Waals surface area contributed by atoms with Gasteiger partial charge in [0.25, 0.3) is 0 Å². The molecule has 0 atom stereocenters. The summed E-state index contributed by atoms with van der Waals surface area (Å²) in [6.07, 6.45) is 2.00. The van der Waals surface area contributed by atoms with E-state index in [-0.39, 0.29) is 0 Å². The average Bonchev–Trinajstić information content (AvgIpc) is 2.88. The van der Waals surface area contributed by atoms with Gasteiger partial charge in [-0.3, -0.25) is 0 Å². The SMILES string of the molecule is Cc1nc(C)n(-c2nc3ccccn3c2CBr)n1. The molecule has 0 fully saturated rings. The van der Waals surface area contributed by atoms with Gasteiger partial charge in [-0.15, -0.1) is 5.10 Å². The van der Waals surface area contributed by atoms with Crippen LogP contribution in [0.2, 0.25) is 0 Å². The van der Waals surface area contributed by atoms with Crippen molar-refractivity contribution in [2.75, 3.05) is 0 Å². The molecule has 6 heteroatoms. The third kappa shape index (κ3) is 1.64. The molecule has 3 heterocycles. The van der Waals surface area contributed by atoms with Crippen LogP contribution in [-0.4, -0.2) is 24.1 Å². The van der Waals surface area contributed by atoms with Crippen LogP contribution in [0.25, 0.3) is 11.5 Å². The van der Waals surface area contributed by atoms with Crippen molar-refractivity contribution < 1.29 is 0 Å². The zero-order valence-electron chi connectivity index (χ0n) is 10.1. The Hall–Kier alpha value is -1.69. The summed E-state index contributed by atoms with van der Waals surface area (Å²) in [6.45, 7) is 3.81. The molecule has 0 radical (unpaired) electrons. The fourth-order valence-electron chi connectivity index (χ4n) is 2.05. The molecule has 0 spiro atoms. The maximum absolute atomic E-state index is 4.62. The van der Waals surface area contributed by atoms with Crippen LogP contribution in [0.1, 0.15) is 17.3 Å². The average molecular weight is 306 g/mol. The van der Waals surface area contributed by atoms with E-state index in [0.717, 1.165) is 28.8 Å². The highest BCUT2D eigenvalue weighted by Crippen LogP contribution is 2.19. The molecule has 0 saturated carbocycles. The fourth-order valence-corrected chi connectivity index (χ4v) is 2.57. The summed E-state index contributed by atoms with van der Waals surface area (Å²) < 4.78 is 3.85. The predicted octanol–water partition coefficient (Wildman–Crippen LogP) is 2.43. The van der Waals surface area contributed by atoms with Crippen molar-refractivity contribution in [1.82, 2.24) is 24.1 Å². The Morgan fingerprint density at radius 1 is 1.22 bits per heavy atom. The van der Waals surface area contributed by atoms with Crippen LogP contribution < -0.4 is 0 Å². The summed E-state index contributed by atoms with van der Waals surface area (Å²) in [4.78, 5) is 8.94. The Bertz CT molecular complexity index is 712. The minimum atomic E-state index is 0.714. The molecule has 0 aliphatic heterocycles. The van der Waals surface area contributed by atoms with Crippen molar-refractivity contribution >= 4 is 21.6 Å². The van der Waals surface area contributed by atoms with Gasteiger partial charge >= 0.3 is 0 Å². The maximum Gasteiger partial charge on any atom is 0.178 e. The highest BCUT2D eigenvalue weighted by atomic mass is 79.9. The van der Waals surface area contributed by atoms with Crippen LogP contribution >= 0.6 is 15.9 Å². The molecule has 3 aromatic rings. The first kappa shape index (κ1) is 11.4. The van der Waals surface area contributed by atoms with E-state index in [4.69, 9.17) is 0 Å². The van der Waals surface area contributed by atoms with Crippen molar-refractivity contribution in [3.05, 3.63) is 41.7 Å². The van der Waals surface area contributed by atoms with Crippen molar-refractivity contribution in [3.8, 4) is 5.82 Å². The van der Waals surface area contributed by atoms with Gasteiger partial charge in [0.2, 0.25) is 0 Å². The van der Waals surface area contributed by atoms with Gasteiger partial charge in [-0.05, 0) is 26.0 Å². The smallest absolute Gasteiger partial charge is 0.178 e. The molecule has 0 N–H and O–H groups in total. The van der Waals surface area contributed by atoms with Gasteiger partial charge in [-0.1, -0.05) is 22.0 Å². The molecule has 0 aliphatic carbocycles. The van der Waals surface area contributed by atoms with E-state index in [2.05, 4.69) is 35.4 Å². The zero-order chi connectivity index (χ0) is 12.7. The van der Waals surface area contributed by atoms with Gasteiger partial charge in [-0.25, -0.2) is 9.97 Å². The van der Waals surface area contributed by atoms with Gasteiger partial charge < -0.3 is 4.40 Å². The lowest BCUT2D eigenvalue weighted by Gasteiger charge is -2.01. The van der Waals surface area contributed by atoms with Crippen LogP contribution in [0, 0.1) is 13.8 Å². The maximum atomic E-state index is 4.62. The second-order valence-electron chi connectivity index (χ2n) is 4.06. The molecular formula is C12H12BrN5. The molecule has 0 unspecified atom stereocenters. The third-order valence-corrected chi connectivity index (χ3v) is 3.34. The monoisotopic (exact) mass is 305 g/mol. The van der Waals surface area contributed by atoms with Gasteiger partial charge in [0.15, 0.2) is 5.82 Å². The summed E-state index contributed by atoms with van der Waals surface area (Å²) in [5.41, 5.74) is 1.98. The van der Waals surface area contributed by atoms with Crippen molar-refractivity contribution in [2.24, 2.45) is 0 Å². The number of pyridine rings is 1. The van der Waals surface area contributed by atoms with Crippen LogP contribution in [0.15, 0.2) is 24.4 Å². The predicted molar refractivity (Wildman–Crippen MR) is 72.2 cm³/mol. The lowest BCUT2D eigenvalue weighted by Crippen LogP contribution is -2.03. The number of rotatable bonds is 2.